The van der Waals surface area contributed by atoms with Crippen LogP contribution in [-0.4, -0.2) is 46.7 Å². The molecule has 0 saturated carbocycles. The van der Waals surface area contributed by atoms with Gasteiger partial charge in [0.05, 0.1) is 24.6 Å². The third-order valence-corrected chi connectivity index (χ3v) is 4.60. The van der Waals surface area contributed by atoms with E-state index in [9.17, 15) is 0 Å². The van der Waals surface area contributed by atoms with Crippen molar-refractivity contribution in [3.05, 3.63) is 17.3 Å². The molecule has 0 aromatic carbocycles. The maximum atomic E-state index is 5.69. The molecule has 1 aliphatic rings. The smallest absolute Gasteiger partial charge is 0.146 e. The van der Waals surface area contributed by atoms with Gasteiger partial charge < -0.3 is 10.1 Å². The van der Waals surface area contributed by atoms with E-state index in [1.807, 2.05) is 0 Å². The highest BCUT2D eigenvalue weighted by Crippen LogP contribution is 2.25. The molecule has 0 amide bonds. The van der Waals surface area contributed by atoms with Gasteiger partial charge in [0.25, 0.3) is 0 Å². The van der Waals surface area contributed by atoms with Crippen molar-refractivity contribution >= 4 is 27.4 Å². The first-order valence-corrected chi connectivity index (χ1v) is 8.39. The predicted octanol–water partition coefficient (Wildman–Crippen LogP) is 2.73. The molecule has 3 rings (SSSR count). The summed E-state index contributed by atoms with van der Waals surface area (Å²) in [5.41, 5.74) is 0. The van der Waals surface area contributed by atoms with E-state index in [1.165, 1.54) is 0 Å². The molecule has 3 heterocycles. The maximum absolute atomic E-state index is 5.69. The molecule has 0 bridgehead atoms. The minimum atomic E-state index is 0.278. The largest absolute Gasteiger partial charge is 0.376 e. The van der Waals surface area contributed by atoms with Gasteiger partial charge in [-0.15, -0.1) is 11.3 Å². The number of thiophene rings is 1. The SMILES string of the molecule is CCNc1nc(CN2CC(C)OCC2C)nc2sccc12. The Morgan fingerprint density at radius 3 is 3.10 bits per heavy atom. The van der Waals surface area contributed by atoms with E-state index in [0.29, 0.717) is 6.04 Å². The van der Waals surface area contributed by atoms with Gasteiger partial charge in [-0.25, -0.2) is 9.97 Å². The Kier molecular flexibility index (Phi) is 4.37. The van der Waals surface area contributed by atoms with Crippen LogP contribution in [-0.2, 0) is 11.3 Å². The number of nitrogens with zero attached hydrogens (tertiary/aromatic N) is 3. The zero-order chi connectivity index (χ0) is 14.8. The number of fused-ring (bicyclic) bond motifs is 1. The van der Waals surface area contributed by atoms with Crippen molar-refractivity contribution in [2.75, 3.05) is 25.0 Å². The lowest BCUT2D eigenvalue weighted by Gasteiger charge is -2.36. The molecule has 6 heteroatoms. The van der Waals surface area contributed by atoms with Crippen molar-refractivity contribution in [2.24, 2.45) is 0 Å². The first kappa shape index (κ1) is 14.7. The van der Waals surface area contributed by atoms with Gasteiger partial charge in [-0.1, -0.05) is 0 Å². The molecule has 1 saturated heterocycles. The molecular weight excluding hydrogens is 284 g/mol. The van der Waals surface area contributed by atoms with Gasteiger partial charge in [-0.2, -0.15) is 0 Å². The van der Waals surface area contributed by atoms with Crippen molar-refractivity contribution in [3.8, 4) is 0 Å². The summed E-state index contributed by atoms with van der Waals surface area (Å²) < 4.78 is 5.69. The van der Waals surface area contributed by atoms with Gasteiger partial charge in [0.15, 0.2) is 0 Å². The highest BCUT2D eigenvalue weighted by Gasteiger charge is 2.24. The van der Waals surface area contributed by atoms with Crippen LogP contribution in [0.15, 0.2) is 11.4 Å². The van der Waals surface area contributed by atoms with Gasteiger partial charge in [0.2, 0.25) is 0 Å². The van der Waals surface area contributed by atoms with Crippen molar-refractivity contribution in [1.82, 2.24) is 14.9 Å². The highest BCUT2D eigenvalue weighted by atomic mass is 32.1. The Bertz CT molecular complexity index is 615. The van der Waals surface area contributed by atoms with Gasteiger partial charge in [0.1, 0.15) is 16.5 Å². The molecule has 2 aromatic rings. The number of morpholine rings is 1. The summed E-state index contributed by atoms with van der Waals surface area (Å²) in [4.78, 5) is 12.9. The number of ether oxygens (including phenoxy) is 1. The van der Waals surface area contributed by atoms with Crippen LogP contribution in [0.25, 0.3) is 10.2 Å². The molecule has 5 nitrogen and oxygen atoms in total. The molecule has 0 radical (unpaired) electrons. The lowest BCUT2D eigenvalue weighted by molar-refractivity contribution is -0.0534. The van der Waals surface area contributed by atoms with E-state index in [1.54, 1.807) is 11.3 Å². The van der Waals surface area contributed by atoms with Crippen LogP contribution in [0.3, 0.4) is 0 Å². The predicted molar refractivity (Wildman–Crippen MR) is 86.9 cm³/mol. The lowest BCUT2D eigenvalue weighted by atomic mass is 10.2. The molecule has 2 unspecified atom stereocenters. The number of hydrogen-bond donors (Lipinski definition) is 1. The molecule has 114 valence electrons. The normalized spacial score (nSPS) is 23.6. The Hall–Kier alpha value is -1.24. The molecule has 1 aliphatic heterocycles. The monoisotopic (exact) mass is 306 g/mol. The fourth-order valence-electron chi connectivity index (χ4n) is 2.65. The Balaban J connectivity index is 1.86. The number of rotatable bonds is 4. The lowest BCUT2D eigenvalue weighted by Crippen LogP contribution is -2.46. The van der Waals surface area contributed by atoms with Crippen molar-refractivity contribution in [1.29, 1.82) is 0 Å². The second kappa shape index (κ2) is 6.25. The molecule has 1 fully saturated rings. The Morgan fingerprint density at radius 1 is 1.43 bits per heavy atom. The standard InChI is InChI=1S/C15H22N4OS/c1-4-16-14-12-5-6-21-15(12)18-13(17-14)8-19-7-11(3)20-9-10(19)2/h5-6,10-11H,4,7-9H2,1-3H3,(H,16,17,18). The summed E-state index contributed by atoms with van der Waals surface area (Å²) in [5.74, 6) is 1.84. The quantitative estimate of drug-likeness (QED) is 0.941. The summed E-state index contributed by atoms with van der Waals surface area (Å²) in [6.07, 6.45) is 0.278. The minimum absolute atomic E-state index is 0.278. The van der Waals surface area contributed by atoms with Crippen LogP contribution < -0.4 is 5.32 Å². The zero-order valence-corrected chi connectivity index (χ0v) is 13.6. The highest BCUT2D eigenvalue weighted by molar-refractivity contribution is 7.16. The number of anilines is 1. The van der Waals surface area contributed by atoms with Crippen molar-refractivity contribution < 1.29 is 4.74 Å². The van der Waals surface area contributed by atoms with Crippen LogP contribution in [0.2, 0.25) is 0 Å². The molecule has 2 aromatic heterocycles. The van der Waals surface area contributed by atoms with Gasteiger partial charge in [-0.05, 0) is 32.2 Å². The topological polar surface area (TPSA) is 50.3 Å². The Labute approximate surface area is 129 Å². The molecule has 0 aliphatic carbocycles. The third-order valence-electron chi connectivity index (χ3n) is 3.80. The first-order chi connectivity index (χ1) is 10.2. The number of nitrogens with one attached hydrogen (secondary N) is 1. The van der Waals surface area contributed by atoms with E-state index < -0.39 is 0 Å². The van der Waals surface area contributed by atoms with E-state index in [0.717, 1.165) is 48.1 Å². The van der Waals surface area contributed by atoms with Crippen LogP contribution in [0, 0.1) is 0 Å². The molecule has 2 atom stereocenters. The van der Waals surface area contributed by atoms with Crippen LogP contribution in [0.5, 0.6) is 0 Å². The average Bonchev–Trinajstić information content (AvgIpc) is 2.92. The van der Waals surface area contributed by atoms with Gasteiger partial charge in [-0.3, -0.25) is 4.90 Å². The number of aromatic nitrogens is 2. The summed E-state index contributed by atoms with van der Waals surface area (Å²) in [5, 5.41) is 6.54. The summed E-state index contributed by atoms with van der Waals surface area (Å²) in [7, 11) is 0. The summed E-state index contributed by atoms with van der Waals surface area (Å²) in [6.45, 7) is 9.76. The van der Waals surface area contributed by atoms with Crippen molar-refractivity contribution in [2.45, 2.75) is 39.5 Å². The van der Waals surface area contributed by atoms with Crippen LogP contribution in [0.4, 0.5) is 5.82 Å². The first-order valence-electron chi connectivity index (χ1n) is 7.51. The average molecular weight is 306 g/mol. The molecule has 1 N–H and O–H groups in total. The van der Waals surface area contributed by atoms with E-state index in [4.69, 9.17) is 14.7 Å². The molecular formula is C15H22N4OS. The fraction of sp³-hybridized carbons (Fsp3) is 0.600. The van der Waals surface area contributed by atoms with E-state index >= 15 is 0 Å². The van der Waals surface area contributed by atoms with E-state index in [2.05, 4.69) is 42.4 Å². The molecule has 21 heavy (non-hydrogen) atoms. The van der Waals surface area contributed by atoms with E-state index in [-0.39, 0.29) is 6.10 Å². The molecule has 0 spiro atoms. The second-order valence-corrected chi connectivity index (χ2v) is 6.48. The summed E-state index contributed by atoms with van der Waals surface area (Å²) in [6, 6.07) is 2.49. The van der Waals surface area contributed by atoms with Crippen molar-refractivity contribution in [3.63, 3.8) is 0 Å². The minimum Gasteiger partial charge on any atom is -0.376 e. The summed E-state index contributed by atoms with van der Waals surface area (Å²) >= 11 is 1.67. The number of hydrogen-bond acceptors (Lipinski definition) is 6. The third kappa shape index (κ3) is 3.17. The maximum Gasteiger partial charge on any atom is 0.146 e. The fourth-order valence-corrected chi connectivity index (χ4v) is 3.43. The van der Waals surface area contributed by atoms with Gasteiger partial charge >= 0.3 is 0 Å². The zero-order valence-electron chi connectivity index (χ0n) is 12.8. The Morgan fingerprint density at radius 2 is 2.29 bits per heavy atom. The van der Waals surface area contributed by atoms with Crippen LogP contribution >= 0.6 is 11.3 Å². The van der Waals surface area contributed by atoms with Gasteiger partial charge in [0, 0.05) is 19.1 Å². The second-order valence-electron chi connectivity index (χ2n) is 5.58. The van der Waals surface area contributed by atoms with Crippen LogP contribution in [0.1, 0.15) is 26.6 Å².